The van der Waals surface area contributed by atoms with Crippen LogP contribution in [0.1, 0.15) is 48.4 Å². The molecule has 4 rings (SSSR count). The summed E-state index contributed by atoms with van der Waals surface area (Å²) >= 11 is 0. The van der Waals surface area contributed by atoms with E-state index < -0.39 is 37.3 Å². The summed E-state index contributed by atoms with van der Waals surface area (Å²) in [5.41, 5.74) is 5.58. The smallest absolute Gasteiger partial charge is 0.179 e. The third kappa shape index (κ3) is 4.75. The Hall–Kier alpha value is -3.06. The summed E-state index contributed by atoms with van der Waals surface area (Å²) in [5, 5.41) is 53.8. The van der Waals surface area contributed by atoms with Crippen LogP contribution in [-0.4, -0.2) is 61.2 Å². The monoisotopic (exact) mass is 463 g/mol. The molecule has 0 amide bonds. The van der Waals surface area contributed by atoms with Crippen molar-refractivity contribution in [3.8, 4) is 17.2 Å². The molecule has 0 spiro atoms. The highest BCUT2D eigenvalue weighted by Gasteiger charge is 2.44. The largest absolute Gasteiger partial charge is 0.394 e. The Bertz CT molecular complexity index is 1150. The van der Waals surface area contributed by atoms with Crippen molar-refractivity contribution >= 4 is 0 Å². The van der Waals surface area contributed by atoms with E-state index in [0.717, 1.165) is 27.9 Å². The first kappa shape index (κ1) is 24.1. The third-order valence-corrected chi connectivity index (χ3v) is 6.21. The zero-order valence-electron chi connectivity index (χ0n) is 19.1. The van der Waals surface area contributed by atoms with Crippen LogP contribution in [0.25, 0.3) is 11.1 Å². The molecule has 1 aliphatic rings. The molecule has 1 aliphatic heterocycles. The summed E-state index contributed by atoms with van der Waals surface area (Å²) in [6, 6.07) is 17.7. The molecule has 2 heterocycles. The quantitative estimate of drug-likeness (QED) is 0.440. The summed E-state index contributed by atoms with van der Waals surface area (Å²) in [6.07, 6.45) is -3.88. The van der Waals surface area contributed by atoms with Crippen molar-refractivity contribution in [3.05, 3.63) is 77.1 Å². The molecule has 178 valence electrons. The van der Waals surface area contributed by atoms with Crippen molar-refractivity contribution in [3.63, 3.8) is 0 Å². The average molecular weight is 464 g/mol. The van der Waals surface area contributed by atoms with Crippen LogP contribution in [0.2, 0.25) is 0 Å². The van der Waals surface area contributed by atoms with Gasteiger partial charge < -0.3 is 25.2 Å². The van der Waals surface area contributed by atoms with Crippen LogP contribution < -0.4 is 0 Å². The Labute approximate surface area is 198 Å². The van der Waals surface area contributed by atoms with Crippen LogP contribution in [0, 0.1) is 11.3 Å². The zero-order valence-corrected chi connectivity index (χ0v) is 19.1. The molecule has 8 heteroatoms. The highest BCUT2D eigenvalue weighted by Crippen LogP contribution is 2.31. The number of benzene rings is 2. The van der Waals surface area contributed by atoms with E-state index >= 15 is 0 Å². The fourth-order valence-electron chi connectivity index (χ4n) is 4.27. The lowest BCUT2D eigenvalue weighted by Crippen LogP contribution is -2.56. The van der Waals surface area contributed by atoms with E-state index in [4.69, 9.17) is 10.00 Å². The molecular formula is C26H29N3O5. The number of aliphatic hydroxyl groups excluding tert-OH is 4. The van der Waals surface area contributed by atoms with Gasteiger partial charge in [0.25, 0.3) is 0 Å². The summed E-state index contributed by atoms with van der Waals surface area (Å²) in [5.74, 6) is 0.110. The maximum Gasteiger partial charge on any atom is 0.179 e. The first-order chi connectivity index (χ1) is 16.3. The van der Waals surface area contributed by atoms with Gasteiger partial charge in [-0.25, -0.2) is 4.68 Å². The lowest BCUT2D eigenvalue weighted by molar-refractivity contribution is -0.254. The van der Waals surface area contributed by atoms with Crippen molar-refractivity contribution in [2.45, 2.75) is 56.8 Å². The van der Waals surface area contributed by atoms with E-state index in [1.165, 1.54) is 4.68 Å². The molecule has 1 saturated heterocycles. The zero-order chi connectivity index (χ0) is 24.4. The maximum absolute atomic E-state index is 10.5. The van der Waals surface area contributed by atoms with Gasteiger partial charge >= 0.3 is 0 Å². The molecule has 0 bridgehead atoms. The van der Waals surface area contributed by atoms with Crippen molar-refractivity contribution < 1.29 is 25.2 Å². The van der Waals surface area contributed by atoms with Crippen molar-refractivity contribution in [1.82, 2.24) is 9.78 Å². The fourth-order valence-corrected chi connectivity index (χ4v) is 4.27. The van der Waals surface area contributed by atoms with Gasteiger partial charge in [-0.3, -0.25) is 0 Å². The minimum Gasteiger partial charge on any atom is -0.394 e. The third-order valence-electron chi connectivity index (χ3n) is 6.21. The first-order valence-corrected chi connectivity index (χ1v) is 11.3. The standard InChI is InChI=1S/C26H29N3O5/c1-15(2)22-20(13-29(28-22)26-25(33)24(32)23(31)21(14-30)34-26)11-16-3-7-18(8-4-16)19-9-5-17(12-27)6-10-19/h3-10,13,15,21,23-26,30-33H,11,14H2,1-2H3/t21-,23-,24+,25-,26-/m1/s1. The topological polar surface area (TPSA) is 132 Å². The lowest BCUT2D eigenvalue weighted by Gasteiger charge is -2.39. The Morgan fingerprint density at radius 1 is 0.971 bits per heavy atom. The first-order valence-electron chi connectivity index (χ1n) is 11.3. The van der Waals surface area contributed by atoms with Gasteiger partial charge in [0.2, 0.25) is 0 Å². The van der Waals surface area contributed by atoms with Gasteiger partial charge in [0.15, 0.2) is 6.23 Å². The van der Waals surface area contributed by atoms with Crippen LogP contribution >= 0.6 is 0 Å². The molecule has 0 saturated carbocycles. The molecule has 1 aromatic heterocycles. The van der Waals surface area contributed by atoms with E-state index in [-0.39, 0.29) is 5.92 Å². The molecule has 2 aromatic carbocycles. The molecular weight excluding hydrogens is 434 g/mol. The van der Waals surface area contributed by atoms with Crippen LogP contribution in [0.3, 0.4) is 0 Å². The Morgan fingerprint density at radius 2 is 1.59 bits per heavy atom. The molecule has 0 aliphatic carbocycles. The van der Waals surface area contributed by atoms with Gasteiger partial charge in [0.05, 0.1) is 23.9 Å². The minimum absolute atomic E-state index is 0.110. The Morgan fingerprint density at radius 3 is 2.15 bits per heavy atom. The summed E-state index contributed by atoms with van der Waals surface area (Å²) in [7, 11) is 0. The van der Waals surface area contributed by atoms with Crippen LogP contribution in [0.15, 0.2) is 54.7 Å². The number of nitriles is 1. The van der Waals surface area contributed by atoms with Gasteiger partial charge in [-0.15, -0.1) is 0 Å². The van der Waals surface area contributed by atoms with Crippen molar-refractivity contribution in [1.29, 1.82) is 5.26 Å². The van der Waals surface area contributed by atoms with E-state index in [0.29, 0.717) is 12.0 Å². The number of ether oxygens (including phenoxy) is 1. The molecule has 34 heavy (non-hydrogen) atoms. The summed E-state index contributed by atoms with van der Waals surface area (Å²) in [4.78, 5) is 0. The SMILES string of the molecule is CC(C)c1nn([C@@H]2O[C@H](CO)[C@@H](O)[C@H](O)[C@H]2O)cc1Cc1ccc(-c2ccc(C#N)cc2)cc1. The van der Waals surface area contributed by atoms with E-state index in [9.17, 15) is 20.4 Å². The molecule has 0 radical (unpaired) electrons. The summed E-state index contributed by atoms with van der Waals surface area (Å²) < 4.78 is 7.14. The predicted octanol–water partition coefficient (Wildman–Crippen LogP) is 2.11. The van der Waals surface area contributed by atoms with E-state index in [2.05, 4.69) is 11.2 Å². The van der Waals surface area contributed by atoms with Crippen molar-refractivity contribution in [2.24, 2.45) is 0 Å². The maximum atomic E-state index is 10.5. The molecule has 1 fully saturated rings. The van der Waals surface area contributed by atoms with Crippen LogP contribution in [0.5, 0.6) is 0 Å². The number of hydrogen-bond donors (Lipinski definition) is 4. The van der Waals surface area contributed by atoms with Crippen LogP contribution in [-0.2, 0) is 11.2 Å². The van der Waals surface area contributed by atoms with Gasteiger partial charge in [-0.1, -0.05) is 50.2 Å². The average Bonchev–Trinajstić information content (AvgIpc) is 3.27. The van der Waals surface area contributed by atoms with Crippen LogP contribution in [0.4, 0.5) is 0 Å². The molecule has 8 nitrogen and oxygen atoms in total. The molecule has 4 N–H and O–H groups in total. The lowest BCUT2D eigenvalue weighted by atomic mass is 9.97. The number of nitrogens with zero attached hydrogens (tertiary/aromatic N) is 3. The fraction of sp³-hybridized carbons (Fsp3) is 0.385. The summed E-state index contributed by atoms with van der Waals surface area (Å²) in [6.45, 7) is 3.56. The minimum atomic E-state index is -1.46. The van der Waals surface area contributed by atoms with E-state index in [1.807, 2.05) is 50.2 Å². The van der Waals surface area contributed by atoms with Gasteiger partial charge in [-0.05, 0) is 40.3 Å². The van der Waals surface area contributed by atoms with Gasteiger partial charge in [-0.2, -0.15) is 10.4 Å². The molecule has 0 unspecified atom stereocenters. The van der Waals surface area contributed by atoms with E-state index in [1.54, 1.807) is 18.3 Å². The molecule has 5 atom stereocenters. The number of aliphatic hydroxyl groups is 4. The molecule has 3 aromatic rings. The highest BCUT2D eigenvalue weighted by molar-refractivity contribution is 5.64. The Balaban J connectivity index is 1.57. The Kier molecular flexibility index (Phi) is 7.12. The van der Waals surface area contributed by atoms with Crippen molar-refractivity contribution in [2.75, 3.05) is 6.61 Å². The van der Waals surface area contributed by atoms with Gasteiger partial charge in [0.1, 0.15) is 24.4 Å². The second kappa shape index (κ2) is 10.1. The number of rotatable bonds is 6. The number of aromatic nitrogens is 2. The second-order valence-electron chi connectivity index (χ2n) is 8.96. The van der Waals surface area contributed by atoms with Gasteiger partial charge in [0, 0.05) is 12.6 Å². The number of hydrogen-bond acceptors (Lipinski definition) is 7. The highest BCUT2D eigenvalue weighted by atomic mass is 16.6. The predicted molar refractivity (Wildman–Crippen MR) is 125 cm³/mol. The second-order valence-corrected chi connectivity index (χ2v) is 8.96. The normalized spacial score (nSPS) is 24.8.